The second-order valence-electron chi connectivity index (χ2n) is 10.1. The molecule has 4 aromatic rings. The Morgan fingerprint density at radius 2 is 1.72 bits per heavy atom. The molecule has 3 aromatic carbocycles. The number of ether oxygens (including phenoxy) is 2. The van der Waals surface area contributed by atoms with E-state index >= 15 is 0 Å². The van der Waals surface area contributed by atoms with Gasteiger partial charge in [0.25, 0.3) is 5.91 Å². The number of carbonyl (C=O) groups excluding carboxylic acids is 1. The quantitative estimate of drug-likeness (QED) is 0.232. The summed E-state index contributed by atoms with van der Waals surface area (Å²) >= 11 is 0. The Labute approximate surface area is 227 Å². The van der Waals surface area contributed by atoms with Gasteiger partial charge in [-0.2, -0.15) is 0 Å². The van der Waals surface area contributed by atoms with E-state index < -0.39 is 23.2 Å². The molecule has 0 saturated carbocycles. The van der Waals surface area contributed by atoms with Gasteiger partial charge in [-0.15, -0.1) is 0 Å². The van der Waals surface area contributed by atoms with Gasteiger partial charge in [0.05, 0.1) is 30.2 Å². The van der Waals surface area contributed by atoms with Crippen LogP contribution >= 0.6 is 0 Å². The number of rotatable bonds is 9. The van der Waals surface area contributed by atoms with E-state index in [1.165, 1.54) is 12.1 Å². The number of benzene rings is 3. The molecule has 1 unspecified atom stereocenters. The number of hydrogen-bond acceptors (Lipinski definition) is 5. The van der Waals surface area contributed by atoms with Crippen molar-refractivity contribution in [2.24, 2.45) is 5.92 Å². The molecule has 0 radical (unpaired) electrons. The van der Waals surface area contributed by atoms with Crippen LogP contribution in [0.3, 0.4) is 0 Å². The molecule has 0 fully saturated rings. The number of nitrogens with zero attached hydrogens (tertiary/aromatic N) is 1. The van der Waals surface area contributed by atoms with E-state index in [0.717, 1.165) is 24.5 Å². The average molecular weight is 530 g/mol. The number of fused-ring (bicyclic) bond motifs is 2. The zero-order valence-corrected chi connectivity index (χ0v) is 22.6. The molecule has 0 N–H and O–H groups in total. The molecule has 202 valence electrons. The third kappa shape index (κ3) is 5.01. The molecule has 1 aromatic heterocycles. The van der Waals surface area contributed by atoms with Crippen LogP contribution in [0.15, 0.2) is 69.9 Å². The molecule has 7 heteroatoms. The van der Waals surface area contributed by atoms with E-state index in [9.17, 15) is 14.0 Å². The van der Waals surface area contributed by atoms with Crippen LogP contribution < -0.4 is 19.8 Å². The van der Waals surface area contributed by atoms with Gasteiger partial charge in [-0.1, -0.05) is 39.0 Å². The minimum absolute atomic E-state index is 0.0427. The molecule has 0 bridgehead atoms. The lowest BCUT2D eigenvalue weighted by Crippen LogP contribution is -2.29. The van der Waals surface area contributed by atoms with Crippen LogP contribution in [-0.2, 0) is 6.42 Å². The fourth-order valence-corrected chi connectivity index (χ4v) is 4.91. The standard InChI is InChI=1S/C32H32FNO5/c1-5-20-7-11-23(12-8-20)34-29(21-9-13-26(27(17-21)37-6-2)38-16-15-19(3)4)28-30(35)24-18-22(33)10-14-25(24)39-31(28)32(34)36/h7-14,17-19,29H,5-6,15-16H2,1-4H3. The maximum atomic E-state index is 14.1. The Morgan fingerprint density at radius 3 is 2.41 bits per heavy atom. The number of anilines is 1. The lowest BCUT2D eigenvalue weighted by atomic mass is 9.97. The largest absolute Gasteiger partial charge is 0.490 e. The van der Waals surface area contributed by atoms with Crippen LogP contribution in [0, 0.1) is 11.7 Å². The average Bonchev–Trinajstić information content (AvgIpc) is 3.22. The minimum Gasteiger partial charge on any atom is -0.490 e. The number of hydrogen-bond donors (Lipinski definition) is 0. The molecule has 0 spiro atoms. The van der Waals surface area contributed by atoms with Gasteiger partial charge in [0.1, 0.15) is 11.4 Å². The summed E-state index contributed by atoms with van der Waals surface area (Å²) < 4.78 is 32.0. The Morgan fingerprint density at radius 1 is 0.949 bits per heavy atom. The number of amides is 1. The van der Waals surface area contributed by atoms with E-state index in [2.05, 4.69) is 20.8 Å². The van der Waals surface area contributed by atoms with Crippen molar-refractivity contribution in [1.29, 1.82) is 0 Å². The van der Waals surface area contributed by atoms with Crippen LogP contribution in [-0.4, -0.2) is 19.1 Å². The highest BCUT2D eigenvalue weighted by atomic mass is 19.1. The van der Waals surface area contributed by atoms with Crippen LogP contribution in [0.5, 0.6) is 11.5 Å². The fourth-order valence-electron chi connectivity index (χ4n) is 4.91. The Kier molecular flexibility index (Phi) is 7.42. The van der Waals surface area contributed by atoms with Crippen LogP contribution in [0.1, 0.15) is 67.4 Å². The fraction of sp³-hybridized carbons (Fsp3) is 0.312. The van der Waals surface area contributed by atoms with Gasteiger partial charge >= 0.3 is 0 Å². The Balaban J connectivity index is 1.68. The molecular formula is C32H32FNO5. The van der Waals surface area contributed by atoms with Gasteiger partial charge < -0.3 is 13.9 Å². The summed E-state index contributed by atoms with van der Waals surface area (Å²) in [4.78, 5) is 29.2. The molecule has 6 nitrogen and oxygen atoms in total. The second kappa shape index (κ2) is 10.9. The molecule has 1 amide bonds. The van der Waals surface area contributed by atoms with Crippen molar-refractivity contribution >= 4 is 22.6 Å². The second-order valence-corrected chi connectivity index (χ2v) is 10.1. The zero-order valence-electron chi connectivity index (χ0n) is 22.6. The topological polar surface area (TPSA) is 69.0 Å². The lowest BCUT2D eigenvalue weighted by molar-refractivity contribution is 0.0971. The molecule has 39 heavy (non-hydrogen) atoms. The van der Waals surface area contributed by atoms with E-state index in [1.807, 2.05) is 49.4 Å². The molecular weight excluding hydrogens is 497 g/mol. The highest BCUT2D eigenvalue weighted by Crippen LogP contribution is 2.43. The smallest absolute Gasteiger partial charge is 0.295 e. The van der Waals surface area contributed by atoms with Crippen LogP contribution in [0.2, 0.25) is 0 Å². The highest BCUT2D eigenvalue weighted by molar-refractivity contribution is 6.10. The molecule has 0 saturated heterocycles. The van der Waals surface area contributed by atoms with Gasteiger partial charge in [0, 0.05) is 5.69 Å². The molecule has 1 aliphatic rings. The maximum Gasteiger partial charge on any atom is 0.295 e. The van der Waals surface area contributed by atoms with Gasteiger partial charge in [0.15, 0.2) is 16.9 Å². The Hall–Kier alpha value is -4.13. The number of halogens is 1. The van der Waals surface area contributed by atoms with Gasteiger partial charge in [-0.05, 0) is 79.3 Å². The lowest BCUT2D eigenvalue weighted by Gasteiger charge is -2.26. The third-order valence-electron chi connectivity index (χ3n) is 6.99. The summed E-state index contributed by atoms with van der Waals surface area (Å²) in [5, 5.41) is 0.0911. The highest BCUT2D eigenvalue weighted by Gasteiger charge is 2.44. The van der Waals surface area contributed by atoms with Crippen molar-refractivity contribution in [3.05, 3.63) is 99.2 Å². The van der Waals surface area contributed by atoms with E-state index in [-0.39, 0.29) is 22.3 Å². The first-order chi connectivity index (χ1) is 18.8. The van der Waals surface area contributed by atoms with Crippen LogP contribution in [0.25, 0.3) is 11.0 Å². The van der Waals surface area contributed by atoms with Gasteiger partial charge in [0.2, 0.25) is 5.76 Å². The summed E-state index contributed by atoms with van der Waals surface area (Å²) in [5.74, 6) is 0.586. The van der Waals surface area contributed by atoms with Crippen molar-refractivity contribution in [2.45, 2.75) is 46.6 Å². The molecule has 1 atom stereocenters. The minimum atomic E-state index is -0.798. The van der Waals surface area contributed by atoms with Crippen molar-refractivity contribution in [3.63, 3.8) is 0 Å². The van der Waals surface area contributed by atoms with E-state index in [0.29, 0.717) is 41.9 Å². The number of aryl methyl sites for hydroxylation is 1. The van der Waals surface area contributed by atoms with Crippen molar-refractivity contribution in [3.8, 4) is 11.5 Å². The first kappa shape index (κ1) is 26.5. The predicted octanol–water partition coefficient (Wildman–Crippen LogP) is 7.07. The first-order valence-corrected chi connectivity index (χ1v) is 13.4. The normalized spacial score (nSPS) is 14.8. The molecule has 2 heterocycles. The summed E-state index contributed by atoms with van der Waals surface area (Å²) in [7, 11) is 0. The summed E-state index contributed by atoms with van der Waals surface area (Å²) in [6.45, 7) is 9.16. The van der Waals surface area contributed by atoms with E-state index in [1.54, 1.807) is 4.90 Å². The van der Waals surface area contributed by atoms with Gasteiger partial charge in [-0.25, -0.2) is 4.39 Å². The first-order valence-electron chi connectivity index (χ1n) is 13.4. The summed E-state index contributed by atoms with van der Waals surface area (Å²) in [5.41, 5.74) is 2.30. The van der Waals surface area contributed by atoms with E-state index in [4.69, 9.17) is 13.9 Å². The SMILES string of the molecule is CCOc1cc(C2c3c(oc4ccc(F)cc4c3=O)C(=O)N2c2ccc(CC)cc2)ccc1OCCC(C)C. The summed E-state index contributed by atoms with van der Waals surface area (Å²) in [6, 6.07) is 16.1. The predicted molar refractivity (Wildman–Crippen MR) is 149 cm³/mol. The number of carbonyl (C=O) groups is 1. The van der Waals surface area contributed by atoms with Crippen molar-refractivity contribution in [2.75, 3.05) is 18.1 Å². The van der Waals surface area contributed by atoms with Gasteiger partial charge in [-0.3, -0.25) is 14.5 Å². The van der Waals surface area contributed by atoms with Crippen molar-refractivity contribution in [1.82, 2.24) is 0 Å². The zero-order chi connectivity index (χ0) is 27.7. The molecule has 0 aliphatic carbocycles. The Bertz CT molecular complexity index is 1570. The van der Waals surface area contributed by atoms with Crippen LogP contribution in [0.4, 0.5) is 10.1 Å². The third-order valence-corrected chi connectivity index (χ3v) is 6.99. The molecule has 5 rings (SSSR count). The summed E-state index contributed by atoms with van der Waals surface area (Å²) in [6.07, 6.45) is 1.74. The van der Waals surface area contributed by atoms with Crippen molar-refractivity contribution < 1.29 is 23.1 Å². The molecule has 1 aliphatic heterocycles. The monoisotopic (exact) mass is 529 g/mol. The maximum absolute atomic E-state index is 14.1.